The van der Waals surface area contributed by atoms with Crippen LogP contribution in [0.15, 0.2) is 36.7 Å². The third-order valence-corrected chi connectivity index (χ3v) is 2.17. The average molecular weight is 211 g/mol. The number of pyridine rings is 1. The van der Waals surface area contributed by atoms with Crippen molar-refractivity contribution in [2.24, 2.45) is 0 Å². The first-order valence-corrected chi connectivity index (χ1v) is 5.14. The molecule has 0 fully saturated rings. The van der Waals surface area contributed by atoms with Crippen LogP contribution in [0.25, 0.3) is 10.8 Å². The average Bonchev–Trinajstić information content (AvgIpc) is 2.25. The molecule has 80 valence electrons. The van der Waals surface area contributed by atoms with E-state index in [4.69, 9.17) is 0 Å². The van der Waals surface area contributed by atoms with Gasteiger partial charge in [-0.3, -0.25) is 4.98 Å². The van der Waals surface area contributed by atoms with Gasteiger partial charge in [-0.2, -0.15) is 0 Å². The fourth-order valence-electron chi connectivity index (χ4n) is 1.44. The van der Waals surface area contributed by atoms with Crippen LogP contribution in [0.2, 0.25) is 0 Å². The minimum atomic E-state index is -0.975. The second-order valence-corrected chi connectivity index (χ2v) is 4.22. The Kier molecular flexibility index (Phi) is 2.64. The first-order valence-electron chi connectivity index (χ1n) is 5.14. The molecular formula is C14H13NO. The van der Waals surface area contributed by atoms with Gasteiger partial charge in [0.05, 0.1) is 5.56 Å². The Morgan fingerprint density at radius 3 is 2.69 bits per heavy atom. The smallest absolute Gasteiger partial charge is 0.120 e. The minimum absolute atomic E-state index is 0.847. The van der Waals surface area contributed by atoms with E-state index in [1.54, 1.807) is 20.0 Å². The minimum Gasteiger partial charge on any atom is -0.378 e. The van der Waals surface area contributed by atoms with Gasteiger partial charge in [0.2, 0.25) is 0 Å². The first-order chi connectivity index (χ1) is 7.56. The number of aliphatic hydroxyl groups is 1. The normalized spacial score (nSPS) is 10.9. The van der Waals surface area contributed by atoms with E-state index in [9.17, 15) is 5.11 Å². The fraction of sp³-hybridized carbons (Fsp3) is 0.214. The Labute approximate surface area is 95.0 Å². The molecule has 0 unspecified atom stereocenters. The molecule has 0 aliphatic carbocycles. The molecule has 0 aliphatic heterocycles. The van der Waals surface area contributed by atoms with E-state index in [0.717, 1.165) is 16.3 Å². The van der Waals surface area contributed by atoms with Crippen molar-refractivity contribution in [1.82, 2.24) is 4.98 Å². The van der Waals surface area contributed by atoms with Crippen molar-refractivity contribution in [1.29, 1.82) is 0 Å². The zero-order valence-corrected chi connectivity index (χ0v) is 9.36. The zero-order chi connectivity index (χ0) is 11.6. The Balaban J connectivity index is 2.56. The third kappa shape index (κ3) is 2.39. The summed E-state index contributed by atoms with van der Waals surface area (Å²) in [7, 11) is 0. The quantitative estimate of drug-likeness (QED) is 0.678. The van der Waals surface area contributed by atoms with Gasteiger partial charge in [-0.15, -0.1) is 0 Å². The summed E-state index contributed by atoms with van der Waals surface area (Å²) in [5.41, 5.74) is -0.128. The van der Waals surface area contributed by atoms with Crippen LogP contribution in [0.4, 0.5) is 0 Å². The van der Waals surface area contributed by atoms with Crippen LogP contribution in [0, 0.1) is 11.8 Å². The summed E-state index contributed by atoms with van der Waals surface area (Å²) in [6.07, 6.45) is 3.53. The predicted octanol–water partition coefficient (Wildman–Crippen LogP) is 2.36. The number of aromatic nitrogens is 1. The molecule has 2 aromatic rings. The highest BCUT2D eigenvalue weighted by Crippen LogP contribution is 2.16. The van der Waals surface area contributed by atoms with Gasteiger partial charge in [-0.25, -0.2) is 0 Å². The van der Waals surface area contributed by atoms with Crippen molar-refractivity contribution in [2.45, 2.75) is 19.4 Å². The van der Waals surface area contributed by atoms with Crippen molar-refractivity contribution in [2.75, 3.05) is 0 Å². The van der Waals surface area contributed by atoms with E-state index in [1.165, 1.54) is 0 Å². The third-order valence-electron chi connectivity index (χ3n) is 2.17. The van der Waals surface area contributed by atoms with Gasteiger partial charge in [0, 0.05) is 23.2 Å². The zero-order valence-electron chi connectivity index (χ0n) is 9.36. The summed E-state index contributed by atoms with van der Waals surface area (Å²) < 4.78 is 0. The molecule has 2 rings (SSSR count). The van der Waals surface area contributed by atoms with E-state index in [2.05, 4.69) is 16.8 Å². The van der Waals surface area contributed by atoms with Crippen molar-refractivity contribution >= 4 is 10.8 Å². The standard InChI is InChI=1S/C14H13NO/c1-14(2,16)8-7-12-10-15-9-11-5-3-4-6-13(11)12/h3-6,9-10,16H,1-2H3. The van der Waals surface area contributed by atoms with Gasteiger partial charge in [0.1, 0.15) is 5.60 Å². The molecule has 1 heterocycles. The molecule has 1 aromatic heterocycles. The van der Waals surface area contributed by atoms with Gasteiger partial charge < -0.3 is 5.11 Å². The summed E-state index contributed by atoms with van der Waals surface area (Å²) in [6.45, 7) is 3.33. The van der Waals surface area contributed by atoms with E-state index in [-0.39, 0.29) is 0 Å². The fourth-order valence-corrected chi connectivity index (χ4v) is 1.44. The molecule has 1 aromatic carbocycles. The van der Waals surface area contributed by atoms with Crippen molar-refractivity contribution < 1.29 is 5.11 Å². The molecule has 0 bridgehead atoms. The van der Waals surface area contributed by atoms with Gasteiger partial charge in [0.25, 0.3) is 0 Å². The molecule has 0 radical (unpaired) electrons. The van der Waals surface area contributed by atoms with Crippen LogP contribution >= 0.6 is 0 Å². The molecule has 16 heavy (non-hydrogen) atoms. The SMILES string of the molecule is CC(C)(O)C#Cc1cncc2ccccc12. The van der Waals surface area contributed by atoms with Gasteiger partial charge in [0.15, 0.2) is 0 Å². The van der Waals surface area contributed by atoms with E-state index in [1.807, 2.05) is 30.5 Å². The summed E-state index contributed by atoms with van der Waals surface area (Å²) in [4.78, 5) is 4.13. The second kappa shape index (κ2) is 3.96. The number of hydrogen-bond acceptors (Lipinski definition) is 2. The van der Waals surface area contributed by atoms with Crippen molar-refractivity contribution in [3.8, 4) is 11.8 Å². The monoisotopic (exact) mass is 211 g/mol. The number of nitrogens with zero attached hydrogens (tertiary/aromatic N) is 1. The maximum Gasteiger partial charge on any atom is 0.120 e. The van der Waals surface area contributed by atoms with Crippen molar-refractivity contribution in [3.63, 3.8) is 0 Å². The van der Waals surface area contributed by atoms with Crippen LogP contribution in [-0.4, -0.2) is 15.7 Å². The lowest BCUT2D eigenvalue weighted by atomic mass is 10.1. The van der Waals surface area contributed by atoms with Crippen LogP contribution in [0.3, 0.4) is 0 Å². The maximum atomic E-state index is 9.56. The molecule has 0 saturated heterocycles. The number of hydrogen-bond donors (Lipinski definition) is 1. The molecule has 0 saturated carbocycles. The molecular weight excluding hydrogens is 198 g/mol. The largest absolute Gasteiger partial charge is 0.378 e. The second-order valence-electron chi connectivity index (χ2n) is 4.22. The van der Waals surface area contributed by atoms with Gasteiger partial charge in [-0.05, 0) is 13.8 Å². The number of rotatable bonds is 0. The summed E-state index contributed by atoms with van der Waals surface area (Å²) in [5, 5.41) is 11.7. The van der Waals surface area contributed by atoms with E-state index < -0.39 is 5.60 Å². The van der Waals surface area contributed by atoms with E-state index >= 15 is 0 Å². The van der Waals surface area contributed by atoms with E-state index in [0.29, 0.717) is 0 Å². The summed E-state index contributed by atoms with van der Waals surface area (Å²) in [6, 6.07) is 7.94. The predicted molar refractivity (Wildman–Crippen MR) is 64.9 cm³/mol. The summed E-state index contributed by atoms with van der Waals surface area (Å²) >= 11 is 0. The lowest BCUT2D eigenvalue weighted by Gasteiger charge is -2.06. The first kappa shape index (κ1) is 10.7. The Bertz CT molecular complexity index is 565. The Morgan fingerprint density at radius 2 is 1.94 bits per heavy atom. The van der Waals surface area contributed by atoms with Gasteiger partial charge in [-0.1, -0.05) is 36.1 Å². The highest BCUT2D eigenvalue weighted by Gasteiger charge is 2.06. The highest BCUT2D eigenvalue weighted by atomic mass is 16.3. The van der Waals surface area contributed by atoms with Crippen LogP contribution in [0.1, 0.15) is 19.4 Å². The molecule has 0 atom stereocenters. The number of benzene rings is 1. The molecule has 2 nitrogen and oxygen atoms in total. The van der Waals surface area contributed by atoms with Crippen LogP contribution in [0.5, 0.6) is 0 Å². The maximum absolute atomic E-state index is 9.56. The molecule has 0 spiro atoms. The molecule has 0 aliphatic rings. The Hall–Kier alpha value is -1.85. The topological polar surface area (TPSA) is 33.1 Å². The lowest BCUT2D eigenvalue weighted by Crippen LogP contribution is -2.14. The summed E-state index contributed by atoms with van der Waals surface area (Å²) in [5.74, 6) is 5.76. The van der Waals surface area contributed by atoms with Gasteiger partial charge >= 0.3 is 0 Å². The van der Waals surface area contributed by atoms with Crippen molar-refractivity contribution in [3.05, 3.63) is 42.2 Å². The molecule has 0 amide bonds. The molecule has 2 heteroatoms. The molecule has 1 N–H and O–H groups in total. The highest BCUT2D eigenvalue weighted by molar-refractivity contribution is 5.87. The Morgan fingerprint density at radius 1 is 1.19 bits per heavy atom. The lowest BCUT2D eigenvalue weighted by molar-refractivity contribution is 0.143. The van der Waals surface area contributed by atoms with Crippen LogP contribution < -0.4 is 0 Å². The van der Waals surface area contributed by atoms with Crippen LogP contribution in [-0.2, 0) is 0 Å². The number of fused-ring (bicyclic) bond motifs is 1.